The van der Waals surface area contributed by atoms with Gasteiger partial charge in [0.05, 0.1) is 11.0 Å². The second-order valence-corrected chi connectivity index (χ2v) is 6.97. The molecule has 25 heavy (non-hydrogen) atoms. The predicted octanol–water partition coefficient (Wildman–Crippen LogP) is 3.61. The first-order valence-electron chi connectivity index (χ1n) is 8.44. The number of likely N-dealkylation sites (tertiary alicyclic amines) is 1. The van der Waals surface area contributed by atoms with E-state index < -0.39 is 4.92 Å². The molecule has 0 radical (unpaired) electrons. The van der Waals surface area contributed by atoms with E-state index in [9.17, 15) is 14.9 Å². The van der Waals surface area contributed by atoms with Crippen LogP contribution in [-0.4, -0.2) is 35.4 Å². The number of rotatable bonds is 6. The van der Waals surface area contributed by atoms with E-state index >= 15 is 0 Å². The van der Waals surface area contributed by atoms with E-state index in [0.717, 1.165) is 13.1 Å². The predicted molar refractivity (Wildman–Crippen MR) is 97.9 cm³/mol. The number of carbonyl (C=O) groups is 1. The number of hydrogen-bond donors (Lipinski definition) is 1. The number of benzene rings is 1. The lowest BCUT2D eigenvalue weighted by Crippen LogP contribution is -2.40. The van der Waals surface area contributed by atoms with Crippen molar-refractivity contribution >= 4 is 22.9 Å². The third-order valence-electron chi connectivity index (χ3n) is 4.53. The minimum absolute atomic E-state index is 0.0712. The minimum Gasteiger partial charge on any atom is -0.350 e. The van der Waals surface area contributed by atoms with Gasteiger partial charge in [0.2, 0.25) is 0 Å². The Hall–Kier alpha value is -2.25. The first-order chi connectivity index (χ1) is 12.1. The molecule has 2 heterocycles. The zero-order chi connectivity index (χ0) is 17.6. The van der Waals surface area contributed by atoms with Crippen molar-refractivity contribution in [3.05, 3.63) is 62.3 Å². The van der Waals surface area contributed by atoms with Gasteiger partial charge in [-0.05, 0) is 54.4 Å². The minimum atomic E-state index is -0.487. The summed E-state index contributed by atoms with van der Waals surface area (Å²) < 4.78 is 0. The van der Waals surface area contributed by atoms with E-state index in [1.807, 2.05) is 0 Å². The van der Waals surface area contributed by atoms with Crippen LogP contribution in [0.15, 0.2) is 41.1 Å². The number of nitro groups is 1. The molecule has 3 rings (SSSR count). The zero-order valence-electron chi connectivity index (χ0n) is 13.9. The average Bonchev–Trinajstić information content (AvgIpc) is 3.17. The second-order valence-electron chi connectivity index (χ2n) is 6.19. The second kappa shape index (κ2) is 8.22. The highest BCUT2D eigenvalue weighted by atomic mass is 32.1. The standard InChI is InChI=1S/C18H21N3O3S/c22-18(14-5-4-6-16(11-14)21(23)24)19-12-17(15-7-10-25-13-15)20-8-2-1-3-9-20/h4-7,10-11,13,17H,1-3,8-9,12H2,(H,19,22). The van der Waals surface area contributed by atoms with Gasteiger partial charge in [-0.25, -0.2) is 0 Å². The van der Waals surface area contributed by atoms with Gasteiger partial charge < -0.3 is 5.32 Å². The molecule has 1 amide bonds. The highest BCUT2D eigenvalue weighted by Gasteiger charge is 2.23. The number of piperidine rings is 1. The first kappa shape index (κ1) is 17.6. The van der Waals surface area contributed by atoms with Crippen LogP contribution in [0.25, 0.3) is 0 Å². The largest absolute Gasteiger partial charge is 0.350 e. The van der Waals surface area contributed by atoms with Crippen LogP contribution in [0.5, 0.6) is 0 Å². The molecule has 2 aromatic rings. The van der Waals surface area contributed by atoms with Gasteiger partial charge >= 0.3 is 0 Å². The molecule has 1 N–H and O–H groups in total. The van der Waals surface area contributed by atoms with Gasteiger partial charge in [-0.15, -0.1) is 0 Å². The van der Waals surface area contributed by atoms with Crippen LogP contribution in [-0.2, 0) is 0 Å². The Bertz CT molecular complexity index is 727. The summed E-state index contributed by atoms with van der Waals surface area (Å²) in [5, 5.41) is 18.0. The van der Waals surface area contributed by atoms with Crippen molar-refractivity contribution in [3.63, 3.8) is 0 Å². The molecule has 6 nitrogen and oxygen atoms in total. The van der Waals surface area contributed by atoms with E-state index in [0.29, 0.717) is 12.1 Å². The lowest BCUT2D eigenvalue weighted by molar-refractivity contribution is -0.384. The Labute approximate surface area is 150 Å². The molecule has 1 aliphatic rings. The van der Waals surface area contributed by atoms with Crippen LogP contribution in [0.4, 0.5) is 5.69 Å². The SMILES string of the molecule is O=C(NCC(c1ccsc1)N1CCCCC1)c1cccc([N+](=O)[O-])c1. The monoisotopic (exact) mass is 359 g/mol. The normalized spacial score (nSPS) is 16.3. The van der Waals surface area contributed by atoms with Crippen molar-refractivity contribution in [1.82, 2.24) is 10.2 Å². The molecule has 1 saturated heterocycles. The molecule has 0 bridgehead atoms. The van der Waals surface area contributed by atoms with Crippen molar-refractivity contribution in [3.8, 4) is 0 Å². The van der Waals surface area contributed by atoms with Crippen molar-refractivity contribution in [2.24, 2.45) is 0 Å². The van der Waals surface area contributed by atoms with Gasteiger partial charge in [-0.1, -0.05) is 12.5 Å². The average molecular weight is 359 g/mol. The van der Waals surface area contributed by atoms with Gasteiger partial charge in [-0.2, -0.15) is 11.3 Å². The van der Waals surface area contributed by atoms with Crippen LogP contribution >= 0.6 is 11.3 Å². The van der Waals surface area contributed by atoms with Crippen LogP contribution in [0.3, 0.4) is 0 Å². The lowest BCUT2D eigenvalue weighted by Gasteiger charge is -2.34. The summed E-state index contributed by atoms with van der Waals surface area (Å²) in [5.41, 5.74) is 1.46. The fourth-order valence-electron chi connectivity index (χ4n) is 3.20. The quantitative estimate of drug-likeness (QED) is 0.631. The fraction of sp³-hybridized carbons (Fsp3) is 0.389. The number of non-ortho nitro benzene ring substituents is 1. The molecular formula is C18H21N3O3S. The van der Waals surface area contributed by atoms with E-state index in [2.05, 4.69) is 27.0 Å². The summed E-state index contributed by atoms with van der Waals surface area (Å²) in [5.74, 6) is -0.277. The number of nitro benzene ring substituents is 1. The number of nitrogens with zero attached hydrogens (tertiary/aromatic N) is 2. The Balaban J connectivity index is 1.69. The van der Waals surface area contributed by atoms with Crippen molar-refractivity contribution in [2.75, 3.05) is 19.6 Å². The Morgan fingerprint density at radius 2 is 2.08 bits per heavy atom. The first-order valence-corrected chi connectivity index (χ1v) is 9.38. The Kier molecular flexibility index (Phi) is 5.78. The summed E-state index contributed by atoms with van der Waals surface area (Å²) in [4.78, 5) is 25.2. The number of carbonyl (C=O) groups excluding carboxylic acids is 1. The topological polar surface area (TPSA) is 75.5 Å². The summed E-state index contributed by atoms with van der Waals surface area (Å²) in [6, 6.07) is 8.09. The third-order valence-corrected chi connectivity index (χ3v) is 5.24. The Morgan fingerprint density at radius 3 is 2.76 bits per heavy atom. The molecule has 132 valence electrons. The summed E-state index contributed by atoms with van der Waals surface area (Å²) in [6.45, 7) is 2.57. The van der Waals surface area contributed by atoms with Crippen molar-refractivity contribution < 1.29 is 9.72 Å². The Morgan fingerprint density at radius 1 is 1.28 bits per heavy atom. The third kappa shape index (κ3) is 4.43. The molecule has 0 spiro atoms. The number of nitrogens with one attached hydrogen (secondary N) is 1. The van der Waals surface area contributed by atoms with Crippen molar-refractivity contribution in [1.29, 1.82) is 0 Å². The van der Waals surface area contributed by atoms with Crippen LogP contribution in [0.2, 0.25) is 0 Å². The van der Waals surface area contributed by atoms with E-state index in [1.54, 1.807) is 17.4 Å². The van der Waals surface area contributed by atoms with Gasteiger partial charge in [0.25, 0.3) is 11.6 Å². The lowest BCUT2D eigenvalue weighted by atomic mass is 10.0. The van der Waals surface area contributed by atoms with Crippen LogP contribution in [0, 0.1) is 10.1 Å². The van der Waals surface area contributed by atoms with Gasteiger partial charge in [0.15, 0.2) is 0 Å². The molecular weight excluding hydrogens is 338 g/mol. The summed E-state index contributed by atoms with van der Waals surface area (Å²) >= 11 is 1.65. The molecule has 1 fully saturated rings. The zero-order valence-corrected chi connectivity index (χ0v) is 14.7. The van der Waals surface area contributed by atoms with Crippen molar-refractivity contribution in [2.45, 2.75) is 25.3 Å². The molecule has 1 unspecified atom stereocenters. The van der Waals surface area contributed by atoms with E-state index in [1.165, 1.54) is 43.0 Å². The number of hydrogen-bond acceptors (Lipinski definition) is 5. The highest BCUT2D eigenvalue weighted by molar-refractivity contribution is 7.07. The van der Waals surface area contributed by atoms with Gasteiger partial charge in [-0.3, -0.25) is 19.8 Å². The van der Waals surface area contributed by atoms with Crippen LogP contribution < -0.4 is 5.32 Å². The van der Waals surface area contributed by atoms with Gasteiger partial charge in [0, 0.05) is 24.2 Å². The van der Waals surface area contributed by atoms with E-state index in [-0.39, 0.29) is 17.6 Å². The number of thiophene rings is 1. The summed E-state index contributed by atoms with van der Waals surface area (Å²) in [7, 11) is 0. The van der Waals surface area contributed by atoms with E-state index in [4.69, 9.17) is 0 Å². The number of amides is 1. The van der Waals surface area contributed by atoms with Crippen LogP contribution in [0.1, 0.15) is 41.2 Å². The summed E-state index contributed by atoms with van der Waals surface area (Å²) in [6.07, 6.45) is 3.62. The highest BCUT2D eigenvalue weighted by Crippen LogP contribution is 2.26. The molecule has 7 heteroatoms. The fourth-order valence-corrected chi connectivity index (χ4v) is 3.91. The van der Waals surface area contributed by atoms with Gasteiger partial charge in [0.1, 0.15) is 0 Å². The maximum absolute atomic E-state index is 12.4. The molecule has 0 aliphatic carbocycles. The molecule has 1 aromatic heterocycles. The maximum atomic E-state index is 12.4. The molecule has 1 aliphatic heterocycles. The molecule has 1 aromatic carbocycles. The molecule has 1 atom stereocenters. The smallest absolute Gasteiger partial charge is 0.270 e. The molecule has 0 saturated carbocycles. The maximum Gasteiger partial charge on any atom is 0.270 e.